The van der Waals surface area contributed by atoms with Gasteiger partial charge in [0.05, 0.1) is 41.1 Å². The Morgan fingerprint density at radius 3 is 2.33 bits per heavy atom. The van der Waals surface area contributed by atoms with Gasteiger partial charge in [-0.05, 0) is 49.1 Å². The molecule has 3 aromatic rings. The molecule has 2 aromatic carbocycles. The van der Waals surface area contributed by atoms with Crippen molar-refractivity contribution in [1.82, 2.24) is 19.8 Å². The summed E-state index contributed by atoms with van der Waals surface area (Å²) < 4.78 is 25.5. The van der Waals surface area contributed by atoms with Crippen molar-refractivity contribution in [2.24, 2.45) is 5.92 Å². The molecule has 0 bridgehead atoms. The number of aliphatic carboxylic acids is 1. The van der Waals surface area contributed by atoms with Gasteiger partial charge in [-0.3, -0.25) is 14.0 Å². The van der Waals surface area contributed by atoms with Crippen LogP contribution in [0.2, 0.25) is 10.0 Å². The Balaban J connectivity index is 1.18. The number of sulfonamides is 1. The van der Waals surface area contributed by atoms with Gasteiger partial charge in [0.15, 0.2) is 5.82 Å². The Labute approximate surface area is 274 Å². The van der Waals surface area contributed by atoms with Gasteiger partial charge < -0.3 is 25.5 Å². The molecule has 0 radical (unpaired) electrons. The summed E-state index contributed by atoms with van der Waals surface area (Å²) >= 11 is 13.1. The van der Waals surface area contributed by atoms with Crippen LogP contribution in [0.4, 0.5) is 34.5 Å². The molecule has 3 heterocycles. The number of hydrogen-bond donors (Lipinski definition) is 3. The molecule has 0 saturated carbocycles. The van der Waals surface area contributed by atoms with E-state index in [9.17, 15) is 13.2 Å². The number of para-hydroxylation sites is 2. The number of piperazine rings is 1. The van der Waals surface area contributed by atoms with Crippen molar-refractivity contribution in [2.75, 3.05) is 85.5 Å². The summed E-state index contributed by atoms with van der Waals surface area (Å²) in [6, 6.07) is 12.8. The molecular formula is C30H38Cl2N8O4S. The molecule has 45 heavy (non-hydrogen) atoms. The third kappa shape index (κ3) is 8.67. The first kappa shape index (κ1) is 33.0. The van der Waals surface area contributed by atoms with E-state index in [4.69, 9.17) is 28.3 Å². The van der Waals surface area contributed by atoms with Crippen LogP contribution in [-0.4, -0.2) is 105 Å². The summed E-state index contributed by atoms with van der Waals surface area (Å²) in [6.07, 6.45) is 4.78. The van der Waals surface area contributed by atoms with E-state index in [1.807, 2.05) is 23.1 Å². The molecule has 0 amide bonds. The highest BCUT2D eigenvalue weighted by atomic mass is 35.5. The molecular weight excluding hydrogens is 639 g/mol. The highest BCUT2D eigenvalue weighted by Gasteiger charge is 2.25. The van der Waals surface area contributed by atoms with Crippen LogP contribution in [0.25, 0.3) is 0 Å². The number of carboxylic acids is 1. The van der Waals surface area contributed by atoms with Crippen LogP contribution in [0, 0.1) is 5.92 Å². The summed E-state index contributed by atoms with van der Waals surface area (Å²) in [4.78, 5) is 26.6. The van der Waals surface area contributed by atoms with Gasteiger partial charge in [0.2, 0.25) is 16.0 Å². The van der Waals surface area contributed by atoms with E-state index >= 15 is 0 Å². The maximum atomic E-state index is 12.1. The van der Waals surface area contributed by atoms with Gasteiger partial charge in [-0.1, -0.05) is 35.3 Å². The SMILES string of the molecule is CN(c1ccccc1Nc1nc(Nc2ccc(N3CCC(CN4CCN(CC(=O)O)CC4)CC3)cc2Cl)ncc1Cl)S(C)(=O)=O. The second kappa shape index (κ2) is 14.4. The zero-order valence-corrected chi connectivity index (χ0v) is 27.6. The average molecular weight is 678 g/mol. The van der Waals surface area contributed by atoms with Crippen molar-refractivity contribution < 1.29 is 18.3 Å². The number of rotatable bonds is 11. The summed E-state index contributed by atoms with van der Waals surface area (Å²) in [5, 5.41) is 16.1. The minimum Gasteiger partial charge on any atom is -0.480 e. The lowest BCUT2D eigenvalue weighted by molar-refractivity contribution is -0.138. The Morgan fingerprint density at radius 2 is 1.67 bits per heavy atom. The number of hydrogen-bond acceptors (Lipinski definition) is 10. The van der Waals surface area contributed by atoms with E-state index in [-0.39, 0.29) is 17.5 Å². The van der Waals surface area contributed by atoms with E-state index in [0.717, 1.165) is 70.6 Å². The van der Waals surface area contributed by atoms with Crippen LogP contribution in [-0.2, 0) is 14.8 Å². The number of nitrogens with zero attached hydrogens (tertiary/aromatic N) is 6. The molecule has 2 aliphatic heterocycles. The number of halogens is 2. The van der Waals surface area contributed by atoms with Crippen LogP contribution in [0.5, 0.6) is 0 Å². The third-order valence-electron chi connectivity index (χ3n) is 8.26. The lowest BCUT2D eigenvalue weighted by Gasteiger charge is -2.39. The monoisotopic (exact) mass is 676 g/mol. The maximum absolute atomic E-state index is 12.1. The van der Waals surface area contributed by atoms with Gasteiger partial charge in [0, 0.05) is 58.5 Å². The van der Waals surface area contributed by atoms with E-state index in [1.165, 1.54) is 17.5 Å². The normalized spacial score (nSPS) is 16.8. The predicted molar refractivity (Wildman–Crippen MR) is 180 cm³/mol. The molecule has 2 fully saturated rings. The van der Waals surface area contributed by atoms with Gasteiger partial charge in [-0.15, -0.1) is 0 Å². The predicted octanol–water partition coefficient (Wildman–Crippen LogP) is 4.59. The lowest BCUT2D eigenvalue weighted by Crippen LogP contribution is -2.49. The van der Waals surface area contributed by atoms with Crippen molar-refractivity contribution in [3.63, 3.8) is 0 Å². The molecule has 2 saturated heterocycles. The smallest absolute Gasteiger partial charge is 0.317 e. The van der Waals surface area contributed by atoms with Crippen LogP contribution < -0.4 is 19.8 Å². The second-order valence-electron chi connectivity index (χ2n) is 11.5. The minimum atomic E-state index is -3.48. The summed E-state index contributed by atoms with van der Waals surface area (Å²) in [5.41, 5.74) is 2.66. The number of anilines is 6. The molecule has 5 rings (SSSR count). The molecule has 2 aliphatic rings. The number of carbonyl (C=O) groups is 1. The summed E-state index contributed by atoms with van der Waals surface area (Å²) in [6.45, 7) is 6.50. The van der Waals surface area contributed by atoms with Crippen molar-refractivity contribution in [1.29, 1.82) is 0 Å². The number of nitrogens with one attached hydrogen (secondary N) is 2. The molecule has 15 heteroatoms. The van der Waals surface area contributed by atoms with Crippen LogP contribution >= 0.6 is 23.2 Å². The Kier molecular flexibility index (Phi) is 10.6. The average Bonchev–Trinajstić information content (AvgIpc) is 3.00. The fourth-order valence-corrected chi connectivity index (χ4v) is 6.53. The molecule has 3 N–H and O–H groups in total. The van der Waals surface area contributed by atoms with Crippen LogP contribution in [0.15, 0.2) is 48.7 Å². The first-order valence-electron chi connectivity index (χ1n) is 14.8. The Hall–Kier alpha value is -3.36. The van der Waals surface area contributed by atoms with Gasteiger partial charge in [0.1, 0.15) is 5.02 Å². The Bertz CT molecular complexity index is 1610. The molecule has 242 valence electrons. The largest absolute Gasteiger partial charge is 0.480 e. The molecule has 12 nitrogen and oxygen atoms in total. The molecule has 0 unspecified atom stereocenters. The van der Waals surface area contributed by atoms with Crippen LogP contribution in [0.1, 0.15) is 12.8 Å². The standard InChI is InChI=1S/C30H38Cl2N8O4S/c1-37(45(2,43)44)27-6-4-3-5-26(27)34-29-24(32)18-33-30(36-29)35-25-8-7-22(17-23(25)31)40-11-9-21(10-12-40)19-38-13-15-39(16-14-38)20-28(41)42/h3-8,17-18,21H,9-16,19-20H2,1-2H3,(H,41,42)(H2,33,34,35,36). The first-order valence-corrected chi connectivity index (χ1v) is 17.4. The molecule has 1 aromatic heterocycles. The summed E-state index contributed by atoms with van der Waals surface area (Å²) in [7, 11) is -2.00. The van der Waals surface area contributed by atoms with Crippen molar-refractivity contribution in [2.45, 2.75) is 12.8 Å². The quantitative estimate of drug-likeness (QED) is 0.263. The van der Waals surface area contributed by atoms with Crippen molar-refractivity contribution in [3.05, 3.63) is 58.7 Å². The number of benzene rings is 2. The lowest BCUT2D eigenvalue weighted by atomic mass is 9.95. The van der Waals surface area contributed by atoms with E-state index < -0.39 is 16.0 Å². The first-order chi connectivity index (χ1) is 21.5. The number of piperidine rings is 1. The fourth-order valence-electron chi connectivity index (χ4n) is 5.66. The van der Waals surface area contributed by atoms with Crippen molar-refractivity contribution in [3.8, 4) is 0 Å². The maximum Gasteiger partial charge on any atom is 0.317 e. The molecule has 0 aliphatic carbocycles. The van der Waals surface area contributed by atoms with E-state index in [0.29, 0.717) is 33.8 Å². The number of carboxylic acid groups (broad SMARTS) is 1. The number of aromatic nitrogens is 2. The highest BCUT2D eigenvalue weighted by Crippen LogP contribution is 2.34. The third-order valence-corrected chi connectivity index (χ3v) is 10.0. The minimum absolute atomic E-state index is 0.121. The second-order valence-corrected chi connectivity index (χ2v) is 14.3. The topological polar surface area (TPSA) is 134 Å². The van der Waals surface area contributed by atoms with Gasteiger partial charge in [-0.25, -0.2) is 13.4 Å². The summed E-state index contributed by atoms with van der Waals surface area (Å²) in [5.74, 6) is 0.434. The van der Waals surface area contributed by atoms with Gasteiger partial charge in [-0.2, -0.15) is 4.98 Å². The van der Waals surface area contributed by atoms with Gasteiger partial charge >= 0.3 is 5.97 Å². The Morgan fingerprint density at radius 1 is 0.978 bits per heavy atom. The zero-order valence-electron chi connectivity index (χ0n) is 25.3. The van der Waals surface area contributed by atoms with Gasteiger partial charge in [0.25, 0.3) is 0 Å². The zero-order chi connectivity index (χ0) is 32.1. The van der Waals surface area contributed by atoms with Crippen molar-refractivity contribution >= 4 is 73.7 Å². The fraction of sp³-hybridized carbons (Fsp3) is 0.433. The molecule has 0 spiro atoms. The van der Waals surface area contributed by atoms with Crippen LogP contribution in [0.3, 0.4) is 0 Å². The molecule has 0 atom stereocenters. The highest BCUT2D eigenvalue weighted by molar-refractivity contribution is 7.92. The van der Waals surface area contributed by atoms with E-state index in [1.54, 1.807) is 24.3 Å². The van der Waals surface area contributed by atoms with E-state index in [2.05, 4.69) is 30.4 Å².